The highest BCUT2D eigenvalue weighted by Crippen LogP contribution is 2.35. The van der Waals surface area contributed by atoms with Crippen molar-refractivity contribution in [2.24, 2.45) is 0 Å². The maximum atomic E-state index is 12.8. The molecule has 1 aliphatic carbocycles. The molecule has 1 aromatic carbocycles. The van der Waals surface area contributed by atoms with E-state index >= 15 is 0 Å². The van der Waals surface area contributed by atoms with E-state index in [4.69, 9.17) is 10.7 Å². The number of halogens is 1. The molecule has 0 bridgehead atoms. The van der Waals surface area contributed by atoms with Gasteiger partial charge in [0.15, 0.2) is 0 Å². The summed E-state index contributed by atoms with van der Waals surface area (Å²) in [6.45, 7) is 1.97. The van der Waals surface area contributed by atoms with E-state index in [0.717, 1.165) is 38.8 Å². The number of nitrogens with one attached hydrogen (secondary N) is 1. The van der Waals surface area contributed by atoms with Crippen LogP contribution >= 0.6 is 27.3 Å². The van der Waals surface area contributed by atoms with Gasteiger partial charge in [-0.25, -0.2) is 4.98 Å². The predicted octanol–water partition coefficient (Wildman–Crippen LogP) is 5.47. The first-order valence-electron chi connectivity index (χ1n) is 8.81. The number of hydrogen-bond acceptors (Lipinski definition) is 4. The van der Waals surface area contributed by atoms with Crippen LogP contribution in [0.1, 0.15) is 45.8 Å². The van der Waals surface area contributed by atoms with E-state index in [1.807, 2.05) is 25.1 Å². The third kappa shape index (κ3) is 3.23. The van der Waals surface area contributed by atoms with Crippen molar-refractivity contribution < 1.29 is 4.79 Å². The minimum atomic E-state index is -0.175. The molecule has 0 unspecified atom stereocenters. The second-order valence-corrected chi connectivity index (χ2v) is 8.68. The van der Waals surface area contributed by atoms with Gasteiger partial charge in [-0.2, -0.15) is 0 Å². The summed E-state index contributed by atoms with van der Waals surface area (Å²) < 4.78 is 0.986. The molecule has 0 atom stereocenters. The molecule has 3 N–H and O–H groups in total. The van der Waals surface area contributed by atoms with Crippen molar-refractivity contribution in [3.8, 4) is 0 Å². The van der Waals surface area contributed by atoms with Crippen LogP contribution in [-0.2, 0) is 12.8 Å². The van der Waals surface area contributed by atoms with Crippen LogP contribution in [0.15, 0.2) is 28.7 Å². The molecular formula is C20H20BrN3OS. The number of rotatable bonds is 2. The standard InChI is InChI=1S/C20H20BrN3OS/c1-11-9-13(21)7-8-15(11)23-19(25)18-17(22)14-10-12-5-3-2-4-6-16(12)24-20(14)26-18/h7-10H,2-6,22H2,1H3,(H,23,25). The molecule has 2 aromatic heterocycles. The first-order chi connectivity index (χ1) is 12.5. The van der Waals surface area contributed by atoms with Crippen LogP contribution < -0.4 is 11.1 Å². The number of anilines is 2. The minimum Gasteiger partial charge on any atom is -0.397 e. The molecule has 26 heavy (non-hydrogen) atoms. The van der Waals surface area contributed by atoms with Gasteiger partial charge in [-0.3, -0.25) is 4.79 Å². The van der Waals surface area contributed by atoms with Gasteiger partial charge in [0.05, 0.1) is 5.69 Å². The summed E-state index contributed by atoms with van der Waals surface area (Å²) in [5, 5.41) is 3.89. The smallest absolute Gasteiger partial charge is 0.267 e. The van der Waals surface area contributed by atoms with Crippen LogP contribution in [0.4, 0.5) is 11.4 Å². The van der Waals surface area contributed by atoms with Gasteiger partial charge in [0, 0.05) is 21.2 Å². The zero-order valence-corrected chi connectivity index (χ0v) is 17.0. The van der Waals surface area contributed by atoms with Crippen molar-refractivity contribution in [3.05, 3.63) is 50.4 Å². The third-order valence-corrected chi connectivity index (χ3v) is 6.50. The van der Waals surface area contributed by atoms with Gasteiger partial charge in [0.1, 0.15) is 9.71 Å². The Kier molecular flexibility index (Phi) is 4.71. The van der Waals surface area contributed by atoms with Gasteiger partial charge in [0.25, 0.3) is 5.91 Å². The number of nitrogens with two attached hydrogens (primary N) is 1. The number of aromatic nitrogens is 1. The number of pyridine rings is 1. The van der Waals surface area contributed by atoms with E-state index in [9.17, 15) is 4.79 Å². The van der Waals surface area contributed by atoms with Gasteiger partial charge >= 0.3 is 0 Å². The molecule has 0 aliphatic heterocycles. The molecule has 2 heterocycles. The normalized spacial score (nSPS) is 14.1. The molecule has 1 aliphatic rings. The molecule has 134 valence electrons. The predicted molar refractivity (Wildman–Crippen MR) is 112 cm³/mol. The van der Waals surface area contributed by atoms with Crippen LogP contribution in [0.25, 0.3) is 10.2 Å². The van der Waals surface area contributed by atoms with Crippen LogP contribution in [0, 0.1) is 6.92 Å². The Balaban J connectivity index is 1.70. The second kappa shape index (κ2) is 7.00. The van der Waals surface area contributed by atoms with Crippen molar-refractivity contribution in [1.82, 2.24) is 4.98 Å². The van der Waals surface area contributed by atoms with Crippen molar-refractivity contribution in [2.75, 3.05) is 11.1 Å². The lowest BCUT2D eigenvalue weighted by molar-refractivity contribution is 0.103. The molecule has 4 nitrogen and oxygen atoms in total. The molecule has 0 saturated heterocycles. The molecule has 0 saturated carbocycles. The fourth-order valence-electron chi connectivity index (χ4n) is 3.45. The van der Waals surface area contributed by atoms with Crippen LogP contribution in [-0.4, -0.2) is 10.9 Å². The van der Waals surface area contributed by atoms with Gasteiger partial charge in [-0.15, -0.1) is 11.3 Å². The summed E-state index contributed by atoms with van der Waals surface area (Å²) in [5.41, 5.74) is 11.1. The molecule has 0 spiro atoms. The van der Waals surface area contributed by atoms with Crippen molar-refractivity contribution in [3.63, 3.8) is 0 Å². The summed E-state index contributed by atoms with van der Waals surface area (Å²) in [4.78, 5) is 19.0. The van der Waals surface area contributed by atoms with Gasteiger partial charge < -0.3 is 11.1 Å². The Morgan fingerprint density at radius 2 is 2.04 bits per heavy atom. The lowest BCUT2D eigenvalue weighted by Gasteiger charge is -2.08. The van der Waals surface area contributed by atoms with Crippen molar-refractivity contribution >= 4 is 54.8 Å². The zero-order chi connectivity index (χ0) is 18.3. The van der Waals surface area contributed by atoms with E-state index in [-0.39, 0.29) is 5.91 Å². The number of aryl methyl sites for hydroxylation is 3. The SMILES string of the molecule is Cc1cc(Br)ccc1NC(=O)c1sc2nc3c(cc2c1N)CCCCC3. The highest BCUT2D eigenvalue weighted by molar-refractivity contribution is 9.10. The fourth-order valence-corrected chi connectivity index (χ4v) is 4.92. The molecule has 1 amide bonds. The van der Waals surface area contributed by atoms with Crippen LogP contribution in [0.5, 0.6) is 0 Å². The Labute approximate surface area is 164 Å². The summed E-state index contributed by atoms with van der Waals surface area (Å²) in [6, 6.07) is 7.93. The van der Waals surface area contributed by atoms with E-state index in [1.165, 1.54) is 41.9 Å². The molecule has 6 heteroatoms. The molecule has 0 radical (unpaired) electrons. The number of carbonyl (C=O) groups excluding carboxylic acids is 1. The Morgan fingerprint density at radius 1 is 1.23 bits per heavy atom. The first kappa shape index (κ1) is 17.5. The summed E-state index contributed by atoms with van der Waals surface area (Å²) in [7, 11) is 0. The van der Waals surface area contributed by atoms with E-state index in [2.05, 4.69) is 27.3 Å². The Hall–Kier alpha value is -1.92. The molecule has 4 rings (SSSR count). The number of benzene rings is 1. The van der Waals surface area contributed by atoms with Gasteiger partial charge in [-0.05, 0) is 68.0 Å². The van der Waals surface area contributed by atoms with E-state index < -0.39 is 0 Å². The number of nitrogen functional groups attached to an aromatic ring is 1. The maximum absolute atomic E-state index is 12.8. The average Bonchev–Trinajstić information content (AvgIpc) is 2.79. The highest BCUT2D eigenvalue weighted by atomic mass is 79.9. The second-order valence-electron chi connectivity index (χ2n) is 6.77. The topological polar surface area (TPSA) is 68.0 Å². The van der Waals surface area contributed by atoms with E-state index in [0.29, 0.717) is 10.6 Å². The first-order valence-corrected chi connectivity index (χ1v) is 10.4. The monoisotopic (exact) mass is 429 g/mol. The largest absolute Gasteiger partial charge is 0.397 e. The summed E-state index contributed by atoms with van der Waals surface area (Å²) in [6.07, 6.45) is 5.69. The van der Waals surface area contributed by atoms with Crippen molar-refractivity contribution in [1.29, 1.82) is 0 Å². The Morgan fingerprint density at radius 3 is 2.85 bits per heavy atom. The summed E-state index contributed by atoms with van der Waals surface area (Å²) >= 11 is 4.82. The number of amides is 1. The number of nitrogens with zero attached hydrogens (tertiary/aromatic N) is 1. The summed E-state index contributed by atoms with van der Waals surface area (Å²) in [5.74, 6) is -0.175. The lowest BCUT2D eigenvalue weighted by atomic mass is 10.1. The van der Waals surface area contributed by atoms with Crippen LogP contribution in [0.2, 0.25) is 0 Å². The minimum absolute atomic E-state index is 0.175. The average molecular weight is 430 g/mol. The fraction of sp³-hybridized carbons (Fsp3) is 0.300. The van der Waals surface area contributed by atoms with Gasteiger partial charge in [0.2, 0.25) is 0 Å². The molecule has 0 fully saturated rings. The molecular weight excluding hydrogens is 410 g/mol. The maximum Gasteiger partial charge on any atom is 0.267 e. The van der Waals surface area contributed by atoms with E-state index in [1.54, 1.807) is 0 Å². The quantitative estimate of drug-likeness (QED) is 0.530. The number of fused-ring (bicyclic) bond motifs is 2. The third-order valence-electron chi connectivity index (χ3n) is 4.89. The van der Waals surface area contributed by atoms with Crippen LogP contribution in [0.3, 0.4) is 0 Å². The number of carbonyl (C=O) groups is 1. The Bertz CT molecular complexity index is 1010. The number of thiophene rings is 1. The molecule has 3 aromatic rings. The lowest BCUT2D eigenvalue weighted by Crippen LogP contribution is -2.12. The highest BCUT2D eigenvalue weighted by Gasteiger charge is 2.20. The van der Waals surface area contributed by atoms with Crippen molar-refractivity contribution in [2.45, 2.75) is 39.0 Å². The zero-order valence-electron chi connectivity index (χ0n) is 14.6. The number of hydrogen-bond donors (Lipinski definition) is 2. The van der Waals surface area contributed by atoms with Gasteiger partial charge in [-0.1, -0.05) is 22.4 Å².